The maximum Gasteiger partial charge on any atom is 0.508 e. The van der Waals surface area contributed by atoms with E-state index in [-0.39, 0.29) is 6.10 Å². The maximum absolute atomic E-state index is 10.6. The second-order valence-electron chi connectivity index (χ2n) is 2.29. The molecule has 0 spiro atoms. The van der Waals surface area contributed by atoms with Crippen LogP contribution < -0.4 is 0 Å². The van der Waals surface area contributed by atoms with E-state index in [0.29, 0.717) is 6.61 Å². The third kappa shape index (κ3) is 5.22. The molecule has 1 saturated heterocycles. The van der Waals surface area contributed by atoms with Gasteiger partial charge in [0.25, 0.3) is 0 Å². The summed E-state index contributed by atoms with van der Waals surface area (Å²) < 4.78 is 40.6. The normalized spacial score (nSPS) is 20.3. The molecule has 0 aliphatic carbocycles. The first kappa shape index (κ1) is 12.5. The van der Waals surface area contributed by atoms with Crippen LogP contribution in [0.2, 0.25) is 0 Å². The second-order valence-corrected chi connectivity index (χ2v) is 2.29. The largest absolute Gasteiger partial charge is 0.508 e. The zero-order chi connectivity index (χ0) is 11.4. The molecule has 1 rings (SSSR count). The Morgan fingerprint density at radius 2 is 2.00 bits per heavy atom. The van der Waals surface area contributed by atoms with Crippen molar-refractivity contribution in [1.29, 1.82) is 0 Å². The molecule has 0 radical (unpaired) electrons. The molecule has 0 aromatic rings. The number of rotatable bonds is 0. The van der Waals surface area contributed by atoms with Crippen molar-refractivity contribution in [3.63, 3.8) is 0 Å². The Morgan fingerprint density at radius 1 is 1.57 bits per heavy atom. The molecule has 82 valence electrons. The molecule has 0 bridgehead atoms. The zero-order valence-corrected chi connectivity index (χ0v) is 7.00. The molecule has 1 aliphatic heterocycles. The van der Waals surface area contributed by atoms with Crippen molar-refractivity contribution in [2.45, 2.75) is 19.2 Å². The van der Waals surface area contributed by atoms with Gasteiger partial charge >= 0.3 is 18.3 Å². The average molecular weight is 216 g/mol. The molecule has 1 fully saturated rings. The lowest BCUT2D eigenvalue weighted by atomic mass is 10.5. The number of carboxylic acids is 1. The number of cyclic esters (lactones) is 2. The molecule has 1 heterocycles. The highest BCUT2D eigenvalue weighted by molar-refractivity contribution is 5.73. The van der Waals surface area contributed by atoms with Gasteiger partial charge in [0.2, 0.25) is 0 Å². The molecule has 0 amide bonds. The summed E-state index contributed by atoms with van der Waals surface area (Å²) in [5.74, 6) is -2.76. The lowest BCUT2D eigenvalue weighted by molar-refractivity contribution is -0.192. The first-order valence-electron chi connectivity index (χ1n) is 3.37. The van der Waals surface area contributed by atoms with Gasteiger partial charge in [-0.25, -0.2) is 9.59 Å². The monoisotopic (exact) mass is 216 g/mol. The van der Waals surface area contributed by atoms with Crippen LogP contribution in [0.25, 0.3) is 0 Å². The van der Waals surface area contributed by atoms with E-state index >= 15 is 0 Å². The van der Waals surface area contributed by atoms with Crippen LogP contribution in [0.15, 0.2) is 0 Å². The fourth-order valence-electron chi connectivity index (χ4n) is 0.418. The van der Waals surface area contributed by atoms with Crippen molar-refractivity contribution >= 4 is 12.1 Å². The summed E-state index contributed by atoms with van der Waals surface area (Å²) in [4.78, 5) is 18.9. The number of alkyl halides is 3. The highest BCUT2D eigenvalue weighted by atomic mass is 19.4. The number of hydrogen-bond acceptors (Lipinski definition) is 4. The summed E-state index contributed by atoms with van der Waals surface area (Å²) in [7, 11) is 0. The minimum Gasteiger partial charge on any atom is -0.475 e. The molecule has 1 atom stereocenters. The van der Waals surface area contributed by atoms with Gasteiger partial charge < -0.3 is 14.6 Å². The van der Waals surface area contributed by atoms with Gasteiger partial charge in [0.1, 0.15) is 12.7 Å². The Morgan fingerprint density at radius 3 is 2.07 bits per heavy atom. The van der Waals surface area contributed by atoms with Crippen LogP contribution in [-0.4, -0.2) is 36.1 Å². The lowest BCUT2D eigenvalue weighted by Crippen LogP contribution is -2.21. The smallest absolute Gasteiger partial charge is 0.475 e. The van der Waals surface area contributed by atoms with E-state index in [1.807, 2.05) is 0 Å². The van der Waals surface area contributed by atoms with Crippen molar-refractivity contribution in [3.05, 3.63) is 0 Å². The van der Waals surface area contributed by atoms with E-state index in [4.69, 9.17) is 9.90 Å². The first-order valence-corrected chi connectivity index (χ1v) is 3.37. The molecule has 0 aromatic carbocycles. The molecular formula is C6H7F3O5. The van der Waals surface area contributed by atoms with E-state index in [1.54, 1.807) is 6.92 Å². The van der Waals surface area contributed by atoms with Crippen LogP contribution in [-0.2, 0) is 14.3 Å². The summed E-state index contributed by atoms with van der Waals surface area (Å²) in [6.07, 6.45) is -5.68. The van der Waals surface area contributed by atoms with Gasteiger partial charge in [-0.05, 0) is 6.92 Å². The fraction of sp³-hybridized carbons (Fsp3) is 0.667. The Hall–Kier alpha value is -1.47. The minimum atomic E-state index is -5.08. The van der Waals surface area contributed by atoms with E-state index in [0.717, 1.165) is 0 Å². The van der Waals surface area contributed by atoms with Gasteiger partial charge in [0, 0.05) is 0 Å². The van der Waals surface area contributed by atoms with E-state index < -0.39 is 18.3 Å². The zero-order valence-electron chi connectivity index (χ0n) is 7.00. The highest BCUT2D eigenvalue weighted by Gasteiger charge is 2.38. The maximum atomic E-state index is 10.6. The standard InChI is InChI=1S/C4H6O3.C2HF3O2/c1-3-2-6-4(5)7-3;3-2(4,5)1(6)7/h3H,2H2,1H3;(H,6,7). The molecule has 14 heavy (non-hydrogen) atoms. The van der Waals surface area contributed by atoms with Crippen molar-refractivity contribution in [2.24, 2.45) is 0 Å². The topological polar surface area (TPSA) is 72.8 Å². The highest BCUT2D eigenvalue weighted by Crippen LogP contribution is 2.13. The first-order chi connectivity index (χ1) is 6.23. The molecule has 8 heteroatoms. The molecule has 1 N–H and O–H groups in total. The van der Waals surface area contributed by atoms with Crippen molar-refractivity contribution in [3.8, 4) is 0 Å². The number of carbonyl (C=O) groups is 2. The number of carboxylic acid groups (broad SMARTS) is 1. The molecule has 5 nitrogen and oxygen atoms in total. The molecule has 1 aliphatic rings. The predicted octanol–water partition coefficient (Wildman–Crippen LogP) is 1.18. The van der Waals surface area contributed by atoms with Gasteiger partial charge in [-0.1, -0.05) is 0 Å². The van der Waals surface area contributed by atoms with Gasteiger partial charge in [-0.3, -0.25) is 0 Å². The number of halogens is 3. The third-order valence-corrected chi connectivity index (χ3v) is 0.976. The van der Waals surface area contributed by atoms with Crippen LogP contribution in [0.3, 0.4) is 0 Å². The molecule has 0 saturated carbocycles. The van der Waals surface area contributed by atoms with Crippen LogP contribution in [0.5, 0.6) is 0 Å². The van der Waals surface area contributed by atoms with E-state index in [1.165, 1.54) is 0 Å². The van der Waals surface area contributed by atoms with Gasteiger partial charge in [0.05, 0.1) is 0 Å². The predicted molar refractivity (Wildman–Crippen MR) is 35.6 cm³/mol. The van der Waals surface area contributed by atoms with Crippen LogP contribution in [0, 0.1) is 0 Å². The molecule has 1 unspecified atom stereocenters. The Balaban J connectivity index is 0.000000241. The summed E-state index contributed by atoms with van der Waals surface area (Å²) in [6.45, 7) is 2.18. The summed E-state index contributed by atoms with van der Waals surface area (Å²) in [5.41, 5.74) is 0. The van der Waals surface area contributed by atoms with Gasteiger partial charge in [0.15, 0.2) is 0 Å². The minimum absolute atomic E-state index is 0.0486. The van der Waals surface area contributed by atoms with Crippen LogP contribution >= 0.6 is 0 Å². The second kappa shape index (κ2) is 4.68. The van der Waals surface area contributed by atoms with Crippen molar-refractivity contribution in [1.82, 2.24) is 0 Å². The summed E-state index contributed by atoms with van der Waals surface area (Å²) in [5, 5.41) is 7.12. The molecular weight excluding hydrogens is 209 g/mol. The Labute approximate surface area is 76.4 Å². The van der Waals surface area contributed by atoms with Crippen molar-refractivity contribution < 1.29 is 37.3 Å². The molecule has 0 aromatic heterocycles. The Kier molecular flexibility index (Phi) is 4.19. The van der Waals surface area contributed by atoms with Gasteiger partial charge in [-0.15, -0.1) is 0 Å². The van der Waals surface area contributed by atoms with Crippen molar-refractivity contribution in [2.75, 3.05) is 6.61 Å². The van der Waals surface area contributed by atoms with Crippen LogP contribution in [0.4, 0.5) is 18.0 Å². The number of aliphatic carboxylic acids is 1. The summed E-state index contributed by atoms with van der Waals surface area (Å²) in [6, 6.07) is 0. The average Bonchev–Trinajstić information content (AvgIpc) is 2.33. The Bertz CT molecular complexity index is 224. The summed E-state index contributed by atoms with van der Waals surface area (Å²) >= 11 is 0. The van der Waals surface area contributed by atoms with E-state index in [9.17, 15) is 18.0 Å². The number of hydrogen-bond donors (Lipinski definition) is 1. The van der Waals surface area contributed by atoms with Crippen LogP contribution in [0.1, 0.15) is 6.92 Å². The number of carbonyl (C=O) groups excluding carboxylic acids is 1. The SMILES string of the molecule is CC1COC(=O)O1.O=C(O)C(F)(F)F. The lowest BCUT2D eigenvalue weighted by Gasteiger charge is -1.93. The quantitative estimate of drug-likeness (QED) is 0.615. The van der Waals surface area contributed by atoms with E-state index in [2.05, 4.69) is 9.47 Å². The third-order valence-electron chi connectivity index (χ3n) is 0.976. The number of ether oxygens (including phenoxy) is 2. The fourth-order valence-corrected chi connectivity index (χ4v) is 0.418. The van der Waals surface area contributed by atoms with Gasteiger partial charge in [-0.2, -0.15) is 13.2 Å².